The Balaban J connectivity index is 1.91. The van der Waals surface area contributed by atoms with Gasteiger partial charge in [-0.25, -0.2) is 0 Å². The Labute approximate surface area is 126 Å². The highest BCUT2D eigenvalue weighted by molar-refractivity contribution is 5.93. The molecule has 0 atom stereocenters. The van der Waals surface area contributed by atoms with Gasteiger partial charge in [-0.2, -0.15) is 0 Å². The monoisotopic (exact) mass is 288 g/mol. The van der Waals surface area contributed by atoms with Crippen molar-refractivity contribution < 1.29 is 9.53 Å². The SMILES string of the molecule is C=C(C)COc1ccccc1NC(=O)CN1CCCCC1. The fraction of sp³-hybridized carbons (Fsp3) is 0.471. The highest BCUT2D eigenvalue weighted by atomic mass is 16.5. The lowest BCUT2D eigenvalue weighted by Crippen LogP contribution is -2.36. The molecule has 4 heteroatoms. The number of nitrogens with one attached hydrogen (secondary N) is 1. The minimum atomic E-state index is 0.0169. The van der Waals surface area contributed by atoms with Crippen LogP contribution in [0.15, 0.2) is 36.4 Å². The van der Waals surface area contributed by atoms with Crippen LogP contribution in [0, 0.1) is 0 Å². The number of piperidine rings is 1. The number of carbonyl (C=O) groups excluding carboxylic acids is 1. The van der Waals surface area contributed by atoms with Crippen molar-refractivity contribution in [2.24, 2.45) is 0 Å². The van der Waals surface area contributed by atoms with Crippen LogP contribution in [0.4, 0.5) is 5.69 Å². The molecule has 0 spiro atoms. The average Bonchev–Trinajstić information content (AvgIpc) is 2.47. The Morgan fingerprint density at radius 1 is 1.29 bits per heavy atom. The smallest absolute Gasteiger partial charge is 0.238 e. The number of amides is 1. The van der Waals surface area contributed by atoms with Crippen LogP contribution in [0.5, 0.6) is 5.75 Å². The number of para-hydroxylation sites is 2. The minimum Gasteiger partial charge on any atom is -0.487 e. The van der Waals surface area contributed by atoms with Crippen molar-refractivity contribution in [1.82, 2.24) is 4.90 Å². The van der Waals surface area contributed by atoms with Crippen LogP contribution in [0.3, 0.4) is 0 Å². The summed E-state index contributed by atoms with van der Waals surface area (Å²) in [7, 11) is 0. The van der Waals surface area contributed by atoms with Crippen LogP contribution in [0.2, 0.25) is 0 Å². The summed E-state index contributed by atoms with van der Waals surface area (Å²) in [6.45, 7) is 8.67. The van der Waals surface area contributed by atoms with Crippen molar-refractivity contribution in [3.8, 4) is 5.75 Å². The largest absolute Gasteiger partial charge is 0.487 e. The van der Waals surface area contributed by atoms with Crippen molar-refractivity contribution in [2.45, 2.75) is 26.2 Å². The number of benzene rings is 1. The summed E-state index contributed by atoms with van der Waals surface area (Å²) in [5.74, 6) is 0.704. The minimum absolute atomic E-state index is 0.0169. The van der Waals surface area contributed by atoms with Crippen LogP contribution >= 0.6 is 0 Å². The van der Waals surface area contributed by atoms with Crippen molar-refractivity contribution in [3.63, 3.8) is 0 Å². The van der Waals surface area contributed by atoms with Gasteiger partial charge in [-0.15, -0.1) is 0 Å². The summed E-state index contributed by atoms with van der Waals surface area (Å²) in [6.07, 6.45) is 3.65. The molecule has 4 nitrogen and oxygen atoms in total. The molecule has 0 unspecified atom stereocenters. The summed E-state index contributed by atoms with van der Waals surface area (Å²) in [6, 6.07) is 7.51. The van der Waals surface area contributed by atoms with Gasteiger partial charge in [0.2, 0.25) is 5.91 Å². The maximum absolute atomic E-state index is 12.1. The van der Waals surface area contributed by atoms with E-state index in [0.29, 0.717) is 18.9 Å². The summed E-state index contributed by atoms with van der Waals surface area (Å²) in [4.78, 5) is 14.3. The van der Waals surface area contributed by atoms with Crippen LogP contribution in [0.1, 0.15) is 26.2 Å². The summed E-state index contributed by atoms with van der Waals surface area (Å²) >= 11 is 0. The molecule has 1 saturated heterocycles. The van der Waals surface area contributed by atoms with Gasteiger partial charge in [0.15, 0.2) is 0 Å². The Kier molecular flexibility index (Phi) is 5.81. The van der Waals surface area contributed by atoms with E-state index < -0.39 is 0 Å². The molecule has 1 aromatic carbocycles. The second kappa shape index (κ2) is 7.84. The van der Waals surface area contributed by atoms with E-state index in [2.05, 4.69) is 16.8 Å². The van der Waals surface area contributed by atoms with Gasteiger partial charge in [0.05, 0.1) is 12.2 Å². The molecule has 114 valence electrons. The molecule has 0 aromatic heterocycles. The summed E-state index contributed by atoms with van der Waals surface area (Å²) in [5, 5.41) is 2.95. The predicted molar refractivity (Wildman–Crippen MR) is 85.7 cm³/mol. The number of hydrogen-bond acceptors (Lipinski definition) is 3. The van der Waals surface area contributed by atoms with Crippen molar-refractivity contribution in [1.29, 1.82) is 0 Å². The van der Waals surface area contributed by atoms with Crippen LogP contribution < -0.4 is 10.1 Å². The number of hydrogen-bond donors (Lipinski definition) is 1. The maximum Gasteiger partial charge on any atom is 0.238 e. The third-order valence-corrected chi connectivity index (χ3v) is 3.45. The molecule has 0 aliphatic carbocycles. The number of ether oxygens (including phenoxy) is 1. The van der Waals surface area contributed by atoms with E-state index in [0.717, 1.165) is 24.4 Å². The number of likely N-dealkylation sites (tertiary alicyclic amines) is 1. The average molecular weight is 288 g/mol. The second-order valence-corrected chi connectivity index (χ2v) is 5.63. The highest BCUT2D eigenvalue weighted by Gasteiger charge is 2.15. The fourth-order valence-electron chi connectivity index (χ4n) is 2.41. The molecule has 1 aliphatic rings. The van der Waals surface area contributed by atoms with Gasteiger partial charge in [-0.05, 0) is 50.6 Å². The fourth-order valence-corrected chi connectivity index (χ4v) is 2.41. The number of nitrogens with zero attached hydrogens (tertiary/aromatic N) is 1. The van der Waals surface area contributed by atoms with E-state index in [9.17, 15) is 4.79 Å². The third kappa shape index (κ3) is 5.23. The van der Waals surface area contributed by atoms with Crippen molar-refractivity contribution >= 4 is 11.6 Å². The lowest BCUT2D eigenvalue weighted by Gasteiger charge is -2.25. The first-order valence-electron chi connectivity index (χ1n) is 7.53. The van der Waals surface area contributed by atoms with Crippen molar-refractivity contribution in [2.75, 3.05) is 31.6 Å². The van der Waals surface area contributed by atoms with E-state index in [4.69, 9.17) is 4.74 Å². The van der Waals surface area contributed by atoms with Gasteiger partial charge in [-0.1, -0.05) is 25.1 Å². The first-order valence-corrected chi connectivity index (χ1v) is 7.53. The van der Waals surface area contributed by atoms with Gasteiger partial charge in [0.25, 0.3) is 0 Å². The lowest BCUT2D eigenvalue weighted by molar-refractivity contribution is -0.117. The molecule has 21 heavy (non-hydrogen) atoms. The van der Waals surface area contributed by atoms with Gasteiger partial charge < -0.3 is 10.1 Å². The molecule has 1 aliphatic heterocycles. The second-order valence-electron chi connectivity index (χ2n) is 5.63. The molecule has 1 N–H and O–H groups in total. The Hall–Kier alpha value is -1.81. The number of anilines is 1. The topological polar surface area (TPSA) is 41.6 Å². The normalized spacial score (nSPS) is 15.5. The molecule has 1 heterocycles. The molecule has 1 fully saturated rings. The Morgan fingerprint density at radius 3 is 2.71 bits per heavy atom. The zero-order valence-corrected chi connectivity index (χ0v) is 12.7. The molecule has 0 saturated carbocycles. The molecule has 1 aromatic rings. The van der Waals surface area contributed by atoms with Gasteiger partial charge in [0, 0.05) is 0 Å². The molecular formula is C17H24N2O2. The standard InChI is InChI=1S/C17H24N2O2/c1-14(2)13-21-16-9-5-4-8-15(16)18-17(20)12-19-10-6-3-7-11-19/h4-5,8-9H,1,3,6-7,10-13H2,2H3,(H,18,20). The van der Waals surface area contributed by atoms with E-state index in [1.165, 1.54) is 19.3 Å². The zero-order valence-electron chi connectivity index (χ0n) is 12.7. The lowest BCUT2D eigenvalue weighted by atomic mass is 10.1. The van der Waals surface area contributed by atoms with Crippen LogP contribution in [-0.4, -0.2) is 37.0 Å². The van der Waals surface area contributed by atoms with Gasteiger partial charge in [-0.3, -0.25) is 9.69 Å². The first-order chi connectivity index (χ1) is 10.1. The Morgan fingerprint density at radius 2 is 2.00 bits per heavy atom. The highest BCUT2D eigenvalue weighted by Crippen LogP contribution is 2.24. The van der Waals surface area contributed by atoms with Crippen LogP contribution in [-0.2, 0) is 4.79 Å². The van der Waals surface area contributed by atoms with Gasteiger partial charge in [0.1, 0.15) is 12.4 Å². The van der Waals surface area contributed by atoms with E-state index in [1.54, 1.807) is 0 Å². The quantitative estimate of drug-likeness (QED) is 0.818. The molecule has 2 rings (SSSR count). The Bertz CT molecular complexity index is 493. The molecular weight excluding hydrogens is 264 g/mol. The number of rotatable bonds is 6. The van der Waals surface area contributed by atoms with Gasteiger partial charge >= 0.3 is 0 Å². The van der Waals surface area contributed by atoms with E-state index in [1.807, 2.05) is 31.2 Å². The zero-order chi connectivity index (χ0) is 15.1. The molecule has 0 radical (unpaired) electrons. The molecule has 1 amide bonds. The summed E-state index contributed by atoms with van der Waals surface area (Å²) in [5.41, 5.74) is 1.67. The summed E-state index contributed by atoms with van der Waals surface area (Å²) < 4.78 is 5.66. The van der Waals surface area contributed by atoms with Crippen LogP contribution in [0.25, 0.3) is 0 Å². The maximum atomic E-state index is 12.1. The first kappa shape index (κ1) is 15.6. The predicted octanol–water partition coefficient (Wildman–Crippen LogP) is 3.07. The molecule has 0 bridgehead atoms. The number of carbonyl (C=O) groups is 1. The van der Waals surface area contributed by atoms with Crippen molar-refractivity contribution in [3.05, 3.63) is 36.4 Å². The van der Waals surface area contributed by atoms with E-state index in [-0.39, 0.29) is 5.91 Å². The van der Waals surface area contributed by atoms with E-state index >= 15 is 0 Å². The third-order valence-electron chi connectivity index (χ3n) is 3.45.